The van der Waals surface area contributed by atoms with E-state index in [-0.39, 0.29) is 0 Å². The predicted molar refractivity (Wildman–Crippen MR) is 108 cm³/mol. The molecule has 6 nitrogen and oxygen atoms in total. The van der Waals surface area contributed by atoms with Crippen molar-refractivity contribution in [3.05, 3.63) is 78.5 Å². The van der Waals surface area contributed by atoms with Crippen LogP contribution in [0.5, 0.6) is 0 Å². The molecule has 0 atom stereocenters. The van der Waals surface area contributed by atoms with E-state index in [1.54, 1.807) is 24.3 Å². The van der Waals surface area contributed by atoms with Crippen molar-refractivity contribution in [3.63, 3.8) is 0 Å². The van der Waals surface area contributed by atoms with E-state index in [1.807, 2.05) is 29.8 Å². The van der Waals surface area contributed by atoms with E-state index in [2.05, 4.69) is 40.2 Å². The van der Waals surface area contributed by atoms with Crippen LogP contribution >= 0.6 is 0 Å². The number of nitrogens with zero attached hydrogens (tertiary/aromatic N) is 2. The topological polar surface area (TPSA) is 90.0 Å². The van der Waals surface area contributed by atoms with Gasteiger partial charge in [-0.2, -0.15) is 13.5 Å². The Labute approximate surface area is 157 Å². The van der Waals surface area contributed by atoms with Crippen LogP contribution in [0.1, 0.15) is 5.69 Å². The predicted octanol–water partition coefficient (Wildman–Crippen LogP) is 3.62. The number of benzene rings is 3. The summed E-state index contributed by atoms with van der Waals surface area (Å²) in [5, 5.41) is 11.9. The minimum absolute atomic E-state index is 0.400. The van der Waals surface area contributed by atoms with Crippen molar-refractivity contribution in [1.29, 1.82) is 0 Å². The summed E-state index contributed by atoms with van der Waals surface area (Å²) >= 11 is 0. The zero-order valence-corrected chi connectivity index (χ0v) is 15.4. The third kappa shape index (κ3) is 3.69. The highest BCUT2D eigenvalue weighted by Crippen LogP contribution is 2.27. The van der Waals surface area contributed by atoms with E-state index in [1.165, 1.54) is 5.39 Å². The molecule has 0 saturated heterocycles. The van der Waals surface area contributed by atoms with Crippen LogP contribution in [0.3, 0.4) is 0 Å². The fourth-order valence-electron chi connectivity index (χ4n) is 3.09. The molecule has 3 aromatic carbocycles. The van der Waals surface area contributed by atoms with Gasteiger partial charge in [0, 0.05) is 11.3 Å². The van der Waals surface area contributed by atoms with Crippen LogP contribution in [0.15, 0.2) is 72.8 Å². The smallest absolute Gasteiger partial charge is 0.271 e. The van der Waals surface area contributed by atoms with Gasteiger partial charge in [-0.1, -0.05) is 36.4 Å². The minimum atomic E-state index is -3.79. The van der Waals surface area contributed by atoms with Crippen molar-refractivity contribution in [1.82, 2.24) is 9.78 Å². The van der Waals surface area contributed by atoms with Crippen molar-refractivity contribution < 1.29 is 8.42 Å². The second-order valence-electron chi connectivity index (χ2n) is 6.34. The molecule has 0 amide bonds. The Morgan fingerprint density at radius 1 is 0.926 bits per heavy atom. The molecule has 0 fully saturated rings. The summed E-state index contributed by atoms with van der Waals surface area (Å²) in [4.78, 5) is 0. The van der Waals surface area contributed by atoms with Crippen LogP contribution in [0, 0.1) is 6.92 Å². The zero-order chi connectivity index (χ0) is 19.0. The van der Waals surface area contributed by atoms with Gasteiger partial charge >= 0.3 is 0 Å². The van der Waals surface area contributed by atoms with Gasteiger partial charge in [0.15, 0.2) is 0 Å². The lowest BCUT2D eigenvalue weighted by molar-refractivity contribution is 0.603. The van der Waals surface area contributed by atoms with Crippen molar-refractivity contribution in [2.24, 2.45) is 5.14 Å². The van der Waals surface area contributed by atoms with Crippen LogP contribution in [0.25, 0.3) is 27.7 Å². The summed E-state index contributed by atoms with van der Waals surface area (Å²) in [5.74, 6) is 0. The maximum atomic E-state index is 11.2. The third-order valence-corrected chi connectivity index (χ3v) is 4.77. The summed E-state index contributed by atoms with van der Waals surface area (Å²) < 4.78 is 26.4. The first-order valence-corrected chi connectivity index (χ1v) is 9.90. The molecule has 1 aromatic heterocycles. The van der Waals surface area contributed by atoms with Crippen molar-refractivity contribution >= 4 is 26.7 Å². The van der Waals surface area contributed by atoms with E-state index < -0.39 is 10.2 Å². The lowest BCUT2D eigenvalue weighted by Gasteiger charge is -2.10. The Balaban J connectivity index is 1.76. The number of aromatic nitrogens is 2. The Morgan fingerprint density at radius 3 is 2.33 bits per heavy atom. The molecule has 3 N–H and O–H groups in total. The van der Waals surface area contributed by atoms with Gasteiger partial charge in [-0.25, -0.2) is 9.82 Å². The maximum Gasteiger partial charge on any atom is 0.296 e. The van der Waals surface area contributed by atoms with Gasteiger partial charge in [0.1, 0.15) is 0 Å². The third-order valence-electron chi connectivity index (χ3n) is 4.25. The minimum Gasteiger partial charge on any atom is -0.271 e. The van der Waals surface area contributed by atoms with Gasteiger partial charge in [-0.05, 0) is 54.1 Å². The number of rotatable bonds is 4. The summed E-state index contributed by atoms with van der Waals surface area (Å²) in [7, 11) is -3.79. The van der Waals surface area contributed by atoms with E-state index >= 15 is 0 Å². The Bertz CT molecular complexity index is 1230. The quantitative estimate of drug-likeness (QED) is 0.568. The number of hydrogen-bond donors (Lipinski definition) is 2. The molecule has 0 aliphatic carbocycles. The van der Waals surface area contributed by atoms with E-state index in [4.69, 9.17) is 5.14 Å². The van der Waals surface area contributed by atoms with Gasteiger partial charge in [-0.15, -0.1) is 0 Å². The summed E-state index contributed by atoms with van der Waals surface area (Å²) in [6, 6.07) is 23.4. The normalized spacial score (nSPS) is 11.6. The number of nitrogens with two attached hydrogens (primary N) is 1. The number of fused-ring (bicyclic) bond motifs is 1. The molecule has 1 heterocycles. The van der Waals surface area contributed by atoms with Crippen molar-refractivity contribution in [3.8, 4) is 16.9 Å². The number of aryl methyl sites for hydroxylation is 1. The van der Waals surface area contributed by atoms with Gasteiger partial charge in [0.05, 0.1) is 17.1 Å². The molecule has 4 rings (SSSR count). The first-order chi connectivity index (χ1) is 12.9. The van der Waals surface area contributed by atoms with Crippen LogP contribution in [0.4, 0.5) is 5.69 Å². The highest BCUT2D eigenvalue weighted by atomic mass is 32.2. The van der Waals surface area contributed by atoms with Gasteiger partial charge in [-0.3, -0.25) is 4.72 Å². The Morgan fingerprint density at radius 2 is 1.63 bits per heavy atom. The molecule has 136 valence electrons. The molecule has 7 heteroatoms. The van der Waals surface area contributed by atoms with E-state index in [9.17, 15) is 8.42 Å². The number of hydrogen-bond acceptors (Lipinski definition) is 3. The lowest BCUT2D eigenvalue weighted by atomic mass is 10.0. The first kappa shape index (κ1) is 17.3. The second-order valence-corrected chi connectivity index (χ2v) is 7.63. The van der Waals surface area contributed by atoms with Crippen LogP contribution < -0.4 is 9.86 Å². The molecule has 0 unspecified atom stereocenters. The fraction of sp³-hybridized carbons (Fsp3) is 0.0500. The van der Waals surface area contributed by atoms with E-state index in [0.29, 0.717) is 5.69 Å². The highest BCUT2D eigenvalue weighted by Gasteiger charge is 2.11. The Hall–Kier alpha value is -3.16. The summed E-state index contributed by atoms with van der Waals surface area (Å²) in [6.07, 6.45) is 0. The molecular weight excluding hydrogens is 360 g/mol. The van der Waals surface area contributed by atoms with Crippen LogP contribution in [0.2, 0.25) is 0 Å². The Kier molecular flexibility index (Phi) is 4.18. The fourth-order valence-corrected chi connectivity index (χ4v) is 3.55. The highest BCUT2D eigenvalue weighted by molar-refractivity contribution is 7.90. The monoisotopic (exact) mass is 378 g/mol. The van der Waals surface area contributed by atoms with Crippen molar-refractivity contribution in [2.75, 3.05) is 4.72 Å². The number of nitrogens with one attached hydrogen (secondary N) is 1. The average Bonchev–Trinajstić information content (AvgIpc) is 3.02. The number of anilines is 1. The van der Waals surface area contributed by atoms with Gasteiger partial charge < -0.3 is 0 Å². The first-order valence-electron chi connectivity index (χ1n) is 8.36. The molecular formula is C20H18N4O2S. The van der Waals surface area contributed by atoms with Crippen LogP contribution in [-0.4, -0.2) is 18.2 Å². The SMILES string of the molecule is Cc1cc(-c2ccc3ccccc3c2)n(-c2ccc(NS(N)(=O)=O)cc2)n1. The largest absolute Gasteiger partial charge is 0.296 e. The lowest BCUT2D eigenvalue weighted by Crippen LogP contribution is -2.21. The molecule has 0 aliphatic heterocycles. The summed E-state index contributed by atoms with van der Waals surface area (Å²) in [6.45, 7) is 1.94. The van der Waals surface area contributed by atoms with Gasteiger partial charge in [0.25, 0.3) is 10.2 Å². The van der Waals surface area contributed by atoms with E-state index in [0.717, 1.165) is 28.0 Å². The molecule has 0 saturated carbocycles. The second kappa shape index (κ2) is 6.53. The summed E-state index contributed by atoms with van der Waals surface area (Å²) in [5.41, 5.74) is 4.14. The van der Waals surface area contributed by atoms with Crippen molar-refractivity contribution in [2.45, 2.75) is 6.92 Å². The maximum absolute atomic E-state index is 11.2. The molecule has 27 heavy (non-hydrogen) atoms. The molecule has 0 bridgehead atoms. The molecule has 4 aromatic rings. The molecule has 0 spiro atoms. The molecule has 0 radical (unpaired) electrons. The standard InChI is InChI=1S/C20H18N4O2S/c1-14-12-20(17-7-6-15-4-2-3-5-16(15)13-17)24(22-14)19-10-8-18(9-11-19)23-27(21,25)26/h2-13,23H,1H3,(H2,21,25,26). The molecule has 0 aliphatic rings. The van der Waals surface area contributed by atoms with Crippen LogP contribution in [-0.2, 0) is 10.2 Å². The zero-order valence-electron chi connectivity index (χ0n) is 14.6. The average molecular weight is 378 g/mol. The van der Waals surface area contributed by atoms with Gasteiger partial charge in [0.2, 0.25) is 0 Å².